The van der Waals surface area contributed by atoms with Crippen molar-refractivity contribution in [1.29, 1.82) is 0 Å². The molecule has 0 saturated heterocycles. The second kappa shape index (κ2) is 5.97. The van der Waals surface area contributed by atoms with Crippen LogP contribution in [-0.4, -0.2) is 5.97 Å². The number of carbonyl (C=O) groups is 1. The smallest absolute Gasteiger partial charge is 0.545 e. The van der Waals surface area contributed by atoms with Gasteiger partial charge in [0.05, 0.1) is 5.97 Å². The summed E-state index contributed by atoms with van der Waals surface area (Å²) in [5.74, 6) is -1.17. The first-order chi connectivity index (χ1) is 5.68. The molecule has 3 heteroatoms. The van der Waals surface area contributed by atoms with Gasteiger partial charge < -0.3 is 9.90 Å². The number of benzene rings is 1. The summed E-state index contributed by atoms with van der Waals surface area (Å²) in [6.07, 6.45) is 2.54. The Bertz CT molecular complexity index is 318. The van der Waals surface area contributed by atoms with Crippen molar-refractivity contribution in [2.75, 3.05) is 0 Å². The summed E-state index contributed by atoms with van der Waals surface area (Å²) in [7, 11) is 0. The fraction of sp³-hybridized carbons (Fsp3) is 0.100. The standard InChI is InChI=1S/C10H10O2.Na/c1-8-3-2-4-9(7-8)5-6-10(11)12;/h2-7H,1H3,(H,11,12);/q;+1/p-1/b6-5+;. The Kier molecular flexibility index (Phi) is 5.71. The van der Waals surface area contributed by atoms with E-state index in [1.807, 2.05) is 31.2 Å². The van der Waals surface area contributed by atoms with Gasteiger partial charge in [0.2, 0.25) is 0 Å². The summed E-state index contributed by atoms with van der Waals surface area (Å²) >= 11 is 0. The van der Waals surface area contributed by atoms with E-state index < -0.39 is 5.97 Å². The number of aryl methyl sites for hydroxylation is 1. The van der Waals surface area contributed by atoms with E-state index in [-0.39, 0.29) is 29.6 Å². The van der Waals surface area contributed by atoms with Crippen molar-refractivity contribution >= 4 is 12.0 Å². The Labute approximate surface area is 99.6 Å². The van der Waals surface area contributed by atoms with Gasteiger partial charge in [0.1, 0.15) is 0 Å². The molecule has 0 unspecified atom stereocenters. The molecule has 1 rings (SSSR count). The summed E-state index contributed by atoms with van der Waals surface area (Å²) in [5.41, 5.74) is 1.98. The predicted molar refractivity (Wildman–Crippen MR) is 45.2 cm³/mol. The van der Waals surface area contributed by atoms with Crippen LogP contribution >= 0.6 is 0 Å². The third-order valence-corrected chi connectivity index (χ3v) is 1.45. The molecule has 0 N–H and O–H groups in total. The molecule has 0 bridgehead atoms. The maximum atomic E-state index is 10.1. The summed E-state index contributed by atoms with van der Waals surface area (Å²) in [6.45, 7) is 1.95. The van der Waals surface area contributed by atoms with E-state index in [1.165, 1.54) is 6.08 Å². The molecule has 0 amide bonds. The largest absolute Gasteiger partial charge is 1.00 e. The van der Waals surface area contributed by atoms with Crippen LogP contribution in [0.3, 0.4) is 0 Å². The molecule has 0 atom stereocenters. The zero-order chi connectivity index (χ0) is 8.97. The molecule has 0 fully saturated rings. The summed E-state index contributed by atoms with van der Waals surface area (Å²) in [4.78, 5) is 10.1. The monoisotopic (exact) mass is 184 g/mol. The van der Waals surface area contributed by atoms with Gasteiger partial charge in [-0.05, 0) is 18.6 Å². The Morgan fingerprint density at radius 3 is 2.69 bits per heavy atom. The molecule has 2 nitrogen and oxygen atoms in total. The molecule has 0 heterocycles. The molecule has 0 aliphatic rings. The first-order valence-corrected chi connectivity index (χ1v) is 3.64. The Balaban J connectivity index is 0.00000144. The number of carboxylic acids is 1. The van der Waals surface area contributed by atoms with Crippen LogP contribution in [0.2, 0.25) is 0 Å². The van der Waals surface area contributed by atoms with E-state index in [0.29, 0.717) is 0 Å². The van der Waals surface area contributed by atoms with Gasteiger partial charge in [-0.25, -0.2) is 0 Å². The maximum absolute atomic E-state index is 10.1. The average molecular weight is 184 g/mol. The molecule has 0 saturated carbocycles. The Morgan fingerprint density at radius 2 is 2.15 bits per heavy atom. The average Bonchev–Trinajstić information content (AvgIpc) is 2.01. The number of hydrogen-bond acceptors (Lipinski definition) is 2. The van der Waals surface area contributed by atoms with Crippen LogP contribution in [0.15, 0.2) is 30.3 Å². The molecule has 1 aromatic rings. The molecule has 13 heavy (non-hydrogen) atoms. The van der Waals surface area contributed by atoms with E-state index in [0.717, 1.165) is 17.2 Å². The zero-order valence-electron chi connectivity index (χ0n) is 7.78. The summed E-state index contributed by atoms with van der Waals surface area (Å²) in [5, 5.41) is 10.1. The van der Waals surface area contributed by atoms with Gasteiger partial charge in [-0.3, -0.25) is 0 Å². The van der Waals surface area contributed by atoms with Crippen LogP contribution in [0, 0.1) is 6.92 Å². The topological polar surface area (TPSA) is 40.1 Å². The van der Waals surface area contributed by atoms with Crippen molar-refractivity contribution in [3.8, 4) is 0 Å². The summed E-state index contributed by atoms with van der Waals surface area (Å²) in [6, 6.07) is 7.58. The van der Waals surface area contributed by atoms with Crippen LogP contribution in [0.25, 0.3) is 6.08 Å². The minimum Gasteiger partial charge on any atom is -0.545 e. The van der Waals surface area contributed by atoms with Crippen molar-refractivity contribution in [1.82, 2.24) is 0 Å². The molecule has 0 aromatic heterocycles. The SMILES string of the molecule is Cc1cccc(/C=C/C(=O)[O-])c1.[Na+]. The molecular weight excluding hydrogens is 175 g/mol. The Morgan fingerprint density at radius 1 is 1.46 bits per heavy atom. The van der Waals surface area contributed by atoms with Crippen LogP contribution in [0.5, 0.6) is 0 Å². The zero-order valence-corrected chi connectivity index (χ0v) is 9.78. The van der Waals surface area contributed by atoms with Crippen molar-refractivity contribution in [3.05, 3.63) is 41.5 Å². The molecule has 0 aliphatic carbocycles. The quantitative estimate of drug-likeness (QED) is 0.385. The second-order valence-electron chi connectivity index (χ2n) is 2.57. The fourth-order valence-corrected chi connectivity index (χ4v) is 0.938. The van der Waals surface area contributed by atoms with E-state index >= 15 is 0 Å². The van der Waals surface area contributed by atoms with Crippen LogP contribution in [0.4, 0.5) is 0 Å². The molecule has 62 valence electrons. The van der Waals surface area contributed by atoms with Crippen LogP contribution < -0.4 is 34.7 Å². The van der Waals surface area contributed by atoms with E-state index in [2.05, 4.69) is 0 Å². The van der Waals surface area contributed by atoms with Gasteiger partial charge in [-0.15, -0.1) is 0 Å². The fourth-order valence-electron chi connectivity index (χ4n) is 0.938. The van der Waals surface area contributed by atoms with Gasteiger partial charge in [-0.1, -0.05) is 35.9 Å². The number of aliphatic carboxylic acids is 1. The second-order valence-corrected chi connectivity index (χ2v) is 2.57. The first-order valence-electron chi connectivity index (χ1n) is 3.64. The number of carbonyl (C=O) groups excluding carboxylic acids is 1. The maximum Gasteiger partial charge on any atom is 1.00 e. The Hall–Kier alpha value is -0.570. The number of carboxylic acid groups (broad SMARTS) is 1. The number of rotatable bonds is 2. The molecule has 0 spiro atoms. The summed E-state index contributed by atoms with van der Waals surface area (Å²) < 4.78 is 0. The van der Waals surface area contributed by atoms with Crippen molar-refractivity contribution in [2.45, 2.75) is 6.92 Å². The third kappa shape index (κ3) is 4.88. The minimum atomic E-state index is -1.17. The van der Waals surface area contributed by atoms with E-state index in [4.69, 9.17) is 0 Å². The van der Waals surface area contributed by atoms with Gasteiger partial charge in [0.25, 0.3) is 0 Å². The molecule has 1 aromatic carbocycles. The van der Waals surface area contributed by atoms with Crippen molar-refractivity contribution in [2.24, 2.45) is 0 Å². The number of hydrogen-bond donors (Lipinski definition) is 0. The van der Waals surface area contributed by atoms with Crippen LogP contribution in [-0.2, 0) is 4.79 Å². The van der Waals surface area contributed by atoms with Crippen molar-refractivity contribution < 1.29 is 39.5 Å². The first kappa shape index (κ1) is 12.4. The third-order valence-electron chi connectivity index (χ3n) is 1.45. The van der Waals surface area contributed by atoms with Gasteiger partial charge in [0.15, 0.2) is 0 Å². The minimum absolute atomic E-state index is 0. The van der Waals surface area contributed by atoms with Gasteiger partial charge >= 0.3 is 29.6 Å². The molecule has 0 radical (unpaired) electrons. The molecule has 0 aliphatic heterocycles. The van der Waals surface area contributed by atoms with E-state index in [9.17, 15) is 9.90 Å². The molecular formula is C10H9NaO2. The van der Waals surface area contributed by atoms with Crippen molar-refractivity contribution in [3.63, 3.8) is 0 Å². The normalized spacial score (nSPS) is 9.62. The predicted octanol–water partition coefficient (Wildman–Crippen LogP) is -2.24. The van der Waals surface area contributed by atoms with E-state index in [1.54, 1.807) is 0 Å². The van der Waals surface area contributed by atoms with Gasteiger partial charge in [0, 0.05) is 0 Å². The van der Waals surface area contributed by atoms with Crippen LogP contribution in [0.1, 0.15) is 11.1 Å². The van der Waals surface area contributed by atoms with Gasteiger partial charge in [-0.2, -0.15) is 0 Å².